The van der Waals surface area contributed by atoms with Crippen molar-refractivity contribution in [2.75, 3.05) is 32.4 Å². The molecule has 0 atom stereocenters. The molecule has 2 aromatic carbocycles. The first-order chi connectivity index (χ1) is 13.6. The molecule has 9 heteroatoms. The number of aromatic nitrogens is 3. The monoisotopic (exact) mass is 400 g/mol. The van der Waals surface area contributed by atoms with Crippen LogP contribution in [0.25, 0.3) is 11.4 Å². The number of hydrogen-bond donors (Lipinski definition) is 2. The van der Waals surface area contributed by atoms with E-state index in [1.807, 2.05) is 24.3 Å². The van der Waals surface area contributed by atoms with E-state index in [1.165, 1.54) is 11.8 Å². The number of nitrogens with zero attached hydrogens (tertiary/aromatic N) is 2. The summed E-state index contributed by atoms with van der Waals surface area (Å²) in [4.78, 5) is 15.3. The van der Waals surface area contributed by atoms with Crippen LogP contribution in [-0.4, -0.2) is 48.2 Å². The van der Waals surface area contributed by atoms with Crippen LogP contribution in [0.15, 0.2) is 47.6 Å². The van der Waals surface area contributed by atoms with Gasteiger partial charge in [-0.05, 0) is 24.3 Å². The normalized spacial score (nSPS) is 10.4. The minimum Gasteiger partial charge on any atom is -0.497 e. The summed E-state index contributed by atoms with van der Waals surface area (Å²) in [6.45, 7) is 0. The second-order valence-electron chi connectivity index (χ2n) is 5.65. The molecular formula is C19H20N4O4S. The fourth-order valence-corrected chi connectivity index (χ4v) is 3.01. The Balaban J connectivity index is 1.58. The van der Waals surface area contributed by atoms with Gasteiger partial charge in [-0.3, -0.25) is 4.79 Å². The Morgan fingerprint density at radius 2 is 1.61 bits per heavy atom. The van der Waals surface area contributed by atoms with Crippen LogP contribution >= 0.6 is 11.8 Å². The lowest BCUT2D eigenvalue weighted by molar-refractivity contribution is -0.113. The Kier molecular flexibility index (Phi) is 6.38. The summed E-state index contributed by atoms with van der Waals surface area (Å²) in [5, 5.41) is 11.6. The SMILES string of the molecule is COc1ccc(-c2nnc(SCC(=O)Nc3cc(OC)cc(OC)c3)[nH]2)cc1. The highest BCUT2D eigenvalue weighted by atomic mass is 32.2. The van der Waals surface area contributed by atoms with Gasteiger partial charge in [0.1, 0.15) is 17.2 Å². The van der Waals surface area contributed by atoms with Crippen molar-refractivity contribution in [3.63, 3.8) is 0 Å². The van der Waals surface area contributed by atoms with E-state index in [-0.39, 0.29) is 11.7 Å². The molecule has 1 heterocycles. The Labute approximate surface area is 166 Å². The van der Waals surface area contributed by atoms with Gasteiger partial charge in [0.05, 0.1) is 27.1 Å². The maximum Gasteiger partial charge on any atom is 0.234 e. The van der Waals surface area contributed by atoms with Gasteiger partial charge < -0.3 is 24.5 Å². The van der Waals surface area contributed by atoms with Gasteiger partial charge in [0.2, 0.25) is 5.91 Å². The molecule has 0 aliphatic rings. The van der Waals surface area contributed by atoms with E-state index in [9.17, 15) is 4.79 Å². The van der Waals surface area contributed by atoms with Crippen LogP contribution in [0, 0.1) is 0 Å². The molecule has 1 amide bonds. The van der Waals surface area contributed by atoms with Crippen LogP contribution in [0.4, 0.5) is 5.69 Å². The maximum atomic E-state index is 12.2. The fraction of sp³-hybridized carbons (Fsp3) is 0.211. The van der Waals surface area contributed by atoms with Crippen LogP contribution in [0.3, 0.4) is 0 Å². The number of ether oxygens (including phenoxy) is 3. The molecule has 28 heavy (non-hydrogen) atoms. The van der Waals surface area contributed by atoms with Gasteiger partial charge in [0.25, 0.3) is 0 Å². The third-order valence-corrected chi connectivity index (χ3v) is 4.67. The standard InChI is InChI=1S/C19H20N4O4S/c1-25-14-6-4-12(5-7-14)18-21-19(23-22-18)28-11-17(24)20-13-8-15(26-2)10-16(9-13)27-3/h4-10H,11H2,1-3H3,(H,20,24)(H,21,22,23). The summed E-state index contributed by atoms with van der Waals surface area (Å²) in [7, 11) is 4.73. The Bertz CT molecular complexity index is 921. The predicted molar refractivity (Wildman–Crippen MR) is 107 cm³/mol. The lowest BCUT2D eigenvalue weighted by Crippen LogP contribution is -2.14. The van der Waals surface area contributed by atoms with Crippen LogP contribution < -0.4 is 19.5 Å². The zero-order valence-electron chi connectivity index (χ0n) is 15.7. The molecule has 2 N–H and O–H groups in total. The minimum absolute atomic E-state index is 0.177. The first-order valence-electron chi connectivity index (χ1n) is 8.34. The minimum atomic E-state index is -0.178. The second kappa shape index (κ2) is 9.14. The molecule has 0 unspecified atom stereocenters. The molecule has 0 aliphatic heterocycles. The number of H-pyrrole nitrogens is 1. The average molecular weight is 400 g/mol. The highest BCUT2D eigenvalue weighted by molar-refractivity contribution is 7.99. The van der Waals surface area contributed by atoms with Crippen LogP contribution in [0.2, 0.25) is 0 Å². The van der Waals surface area contributed by atoms with Crippen LogP contribution in [-0.2, 0) is 4.79 Å². The number of benzene rings is 2. The van der Waals surface area contributed by atoms with Crippen molar-refractivity contribution in [1.82, 2.24) is 15.2 Å². The summed E-state index contributed by atoms with van der Waals surface area (Å²) in [5.41, 5.74) is 1.48. The van der Waals surface area contributed by atoms with E-state index < -0.39 is 0 Å². The molecule has 0 saturated carbocycles. The smallest absolute Gasteiger partial charge is 0.234 e. The average Bonchev–Trinajstić information content (AvgIpc) is 3.21. The largest absolute Gasteiger partial charge is 0.497 e. The number of methoxy groups -OCH3 is 3. The third-order valence-electron chi connectivity index (χ3n) is 3.80. The topological polar surface area (TPSA) is 98.4 Å². The lowest BCUT2D eigenvalue weighted by Gasteiger charge is -2.09. The lowest BCUT2D eigenvalue weighted by atomic mass is 10.2. The highest BCUT2D eigenvalue weighted by Gasteiger charge is 2.10. The molecule has 0 bridgehead atoms. The van der Waals surface area contributed by atoms with E-state index in [0.717, 1.165) is 11.3 Å². The van der Waals surface area contributed by atoms with Crippen molar-refractivity contribution >= 4 is 23.4 Å². The van der Waals surface area contributed by atoms with Crippen molar-refractivity contribution in [3.8, 4) is 28.6 Å². The third kappa shape index (κ3) is 4.95. The molecule has 0 saturated heterocycles. The zero-order chi connectivity index (χ0) is 19.9. The Hall–Kier alpha value is -3.20. The Morgan fingerprint density at radius 1 is 0.964 bits per heavy atom. The highest BCUT2D eigenvalue weighted by Crippen LogP contribution is 2.26. The summed E-state index contributed by atoms with van der Waals surface area (Å²) < 4.78 is 15.5. The van der Waals surface area contributed by atoms with Crippen LogP contribution in [0.5, 0.6) is 17.2 Å². The number of anilines is 1. The number of rotatable bonds is 8. The number of aromatic amines is 1. The van der Waals surface area contributed by atoms with E-state index in [4.69, 9.17) is 14.2 Å². The molecule has 8 nitrogen and oxygen atoms in total. The number of nitrogens with one attached hydrogen (secondary N) is 2. The summed E-state index contributed by atoms with van der Waals surface area (Å²) in [6.07, 6.45) is 0. The zero-order valence-corrected chi connectivity index (χ0v) is 16.5. The van der Waals surface area contributed by atoms with Crippen molar-refractivity contribution in [2.24, 2.45) is 0 Å². The quantitative estimate of drug-likeness (QED) is 0.560. The van der Waals surface area contributed by atoms with Crippen LogP contribution in [0.1, 0.15) is 0 Å². The number of carbonyl (C=O) groups excluding carboxylic acids is 1. The molecule has 146 valence electrons. The molecule has 0 radical (unpaired) electrons. The summed E-state index contributed by atoms with van der Waals surface area (Å²) in [5.74, 6) is 2.59. The first kappa shape index (κ1) is 19.6. The number of amides is 1. The molecule has 1 aromatic heterocycles. The van der Waals surface area contributed by atoms with Crippen molar-refractivity contribution in [1.29, 1.82) is 0 Å². The predicted octanol–water partition coefficient (Wildman–Crippen LogP) is 3.23. The van der Waals surface area contributed by atoms with Gasteiger partial charge in [0.15, 0.2) is 11.0 Å². The molecule has 0 spiro atoms. The van der Waals surface area contributed by atoms with Gasteiger partial charge in [0, 0.05) is 29.4 Å². The van der Waals surface area contributed by atoms with Gasteiger partial charge in [-0.2, -0.15) is 0 Å². The molecule has 3 aromatic rings. The first-order valence-corrected chi connectivity index (χ1v) is 9.32. The summed E-state index contributed by atoms with van der Waals surface area (Å²) >= 11 is 1.26. The van der Waals surface area contributed by atoms with E-state index in [2.05, 4.69) is 20.5 Å². The van der Waals surface area contributed by atoms with Gasteiger partial charge >= 0.3 is 0 Å². The Morgan fingerprint density at radius 3 is 2.21 bits per heavy atom. The van der Waals surface area contributed by atoms with Crippen molar-refractivity contribution < 1.29 is 19.0 Å². The van der Waals surface area contributed by atoms with Gasteiger partial charge in [-0.25, -0.2) is 0 Å². The van der Waals surface area contributed by atoms with E-state index >= 15 is 0 Å². The second-order valence-corrected chi connectivity index (χ2v) is 6.61. The molecule has 0 fully saturated rings. The molecule has 3 rings (SSSR count). The molecular weight excluding hydrogens is 380 g/mol. The fourth-order valence-electron chi connectivity index (χ4n) is 2.40. The van der Waals surface area contributed by atoms with Crippen molar-refractivity contribution in [2.45, 2.75) is 5.16 Å². The van der Waals surface area contributed by atoms with E-state index in [0.29, 0.717) is 28.2 Å². The van der Waals surface area contributed by atoms with Gasteiger partial charge in [-0.1, -0.05) is 11.8 Å². The van der Waals surface area contributed by atoms with Crippen molar-refractivity contribution in [3.05, 3.63) is 42.5 Å². The number of hydrogen-bond acceptors (Lipinski definition) is 7. The number of thioether (sulfide) groups is 1. The molecule has 0 aliphatic carbocycles. The maximum absolute atomic E-state index is 12.2. The summed E-state index contributed by atoms with van der Waals surface area (Å²) in [6, 6.07) is 12.6. The number of carbonyl (C=O) groups is 1. The van der Waals surface area contributed by atoms with Gasteiger partial charge in [-0.15, -0.1) is 10.2 Å². The van der Waals surface area contributed by atoms with E-state index in [1.54, 1.807) is 39.5 Å².